The summed E-state index contributed by atoms with van der Waals surface area (Å²) in [6.45, 7) is 5.66. The van der Waals surface area contributed by atoms with Crippen molar-refractivity contribution < 1.29 is 9.84 Å². The SMILES string of the molecule is CCOc1ccccc1-n1c(O)c(C2c3[nH]c4ccccc4c3CCN2CC)c(=O)[nH]c1=O. The molecule has 3 heterocycles. The fourth-order valence-corrected chi connectivity index (χ4v) is 4.89. The van der Waals surface area contributed by atoms with E-state index in [-0.39, 0.29) is 11.4 Å². The number of fused-ring (bicyclic) bond motifs is 3. The molecular weight excluding hydrogens is 420 g/mol. The van der Waals surface area contributed by atoms with E-state index in [1.165, 1.54) is 0 Å². The van der Waals surface area contributed by atoms with Gasteiger partial charge in [0.1, 0.15) is 11.3 Å². The van der Waals surface area contributed by atoms with Gasteiger partial charge < -0.3 is 14.8 Å². The highest BCUT2D eigenvalue weighted by molar-refractivity contribution is 5.85. The average molecular weight is 447 g/mol. The summed E-state index contributed by atoms with van der Waals surface area (Å²) in [6.07, 6.45) is 0.829. The Balaban J connectivity index is 1.78. The van der Waals surface area contributed by atoms with Gasteiger partial charge in [0.05, 0.1) is 18.3 Å². The van der Waals surface area contributed by atoms with Gasteiger partial charge in [-0.3, -0.25) is 14.7 Å². The van der Waals surface area contributed by atoms with Gasteiger partial charge in [0.2, 0.25) is 5.88 Å². The van der Waals surface area contributed by atoms with Gasteiger partial charge in [0.25, 0.3) is 5.56 Å². The smallest absolute Gasteiger partial charge is 0.335 e. The molecule has 8 heteroatoms. The molecule has 0 spiro atoms. The zero-order valence-electron chi connectivity index (χ0n) is 18.6. The molecule has 33 heavy (non-hydrogen) atoms. The van der Waals surface area contributed by atoms with E-state index in [9.17, 15) is 14.7 Å². The maximum Gasteiger partial charge on any atom is 0.335 e. The lowest BCUT2D eigenvalue weighted by Gasteiger charge is -2.35. The first-order valence-corrected chi connectivity index (χ1v) is 11.2. The lowest BCUT2D eigenvalue weighted by atomic mass is 9.93. The molecular formula is C25H26N4O4. The van der Waals surface area contributed by atoms with Crippen LogP contribution in [0.5, 0.6) is 11.6 Å². The number of H-pyrrole nitrogens is 2. The number of aromatic amines is 2. The first-order valence-electron chi connectivity index (χ1n) is 11.2. The van der Waals surface area contributed by atoms with Crippen LogP contribution >= 0.6 is 0 Å². The lowest BCUT2D eigenvalue weighted by molar-refractivity contribution is 0.215. The second-order valence-corrected chi connectivity index (χ2v) is 8.08. The minimum Gasteiger partial charge on any atom is -0.494 e. The van der Waals surface area contributed by atoms with Crippen LogP contribution in [0, 0.1) is 0 Å². The highest BCUT2D eigenvalue weighted by atomic mass is 16.5. The predicted molar refractivity (Wildman–Crippen MR) is 127 cm³/mol. The first kappa shape index (κ1) is 21.1. The molecule has 2 aromatic heterocycles. The second kappa shape index (κ2) is 8.29. The van der Waals surface area contributed by atoms with Gasteiger partial charge in [0.15, 0.2) is 0 Å². The van der Waals surface area contributed by atoms with E-state index in [0.717, 1.165) is 39.7 Å². The molecule has 0 amide bonds. The monoisotopic (exact) mass is 446 g/mol. The Labute approximate surface area is 190 Å². The van der Waals surface area contributed by atoms with Crippen molar-refractivity contribution in [3.05, 3.63) is 86.2 Å². The van der Waals surface area contributed by atoms with Crippen LogP contribution in [0.1, 0.15) is 36.7 Å². The largest absolute Gasteiger partial charge is 0.494 e. The Morgan fingerprint density at radius 3 is 2.61 bits per heavy atom. The molecule has 1 aliphatic rings. The topological polar surface area (TPSA) is 103 Å². The van der Waals surface area contributed by atoms with Gasteiger partial charge in [-0.25, -0.2) is 9.36 Å². The van der Waals surface area contributed by atoms with Crippen molar-refractivity contribution in [2.75, 3.05) is 19.7 Å². The number of aromatic nitrogens is 3. The van der Waals surface area contributed by atoms with Gasteiger partial charge >= 0.3 is 5.69 Å². The van der Waals surface area contributed by atoms with E-state index >= 15 is 0 Å². The van der Waals surface area contributed by atoms with Gasteiger partial charge in [-0.1, -0.05) is 37.3 Å². The number of nitrogens with one attached hydrogen (secondary N) is 2. The molecule has 0 bridgehead atoms. The molecule has 2 aromatic carbocycles. The number of para-hydroxylation sites is 3. The number of ether oxygens (including phenoxy) is 1. The number of hydrogen-bond acceptors (Lipinski definition) is 5. The van der Waals surface area contributed by atoms with Crippen LogP contribution < -0.4 is 16.0 Å². The van der Waals surface area contributed by atoms with Gasteiger partial charge in [-0.15, -0.1) is 0 Å². The van der Waals surface area contributed by atoms with E-state index in [4.69, 9.17) is 4.74 Å². The minimum absolute atomic E-state index is 0.134. The minimum atomic E-state index is -0.718. The Kier molecular flexibility index (Phi) is 5.30. The molecule has 0 radical (unpaired) electrons. The third-order valence-electron chi connectivity index (χ3n) is 6.34. The number of nitrogens with zero attached hydrogens (tertiary/aromatic N) is 2. The van der Waals surface area contributed by atoms with E-state index < -0.39 is 17.3 Å². The zero-order valence-corrected chi connectivity index (χ0v) is 18.6. The second-order valence-electron chi connectivity index (χ2n) is 8.08. The number of rotatable bonds is 5. The molecule has 0 saturated heterocycles. The fraction of sp³-hybridized carbons (Fsp3) is 0.280. The first-order chi connectivity index (χ1) is 16.0. The summed E-state index contributed by atoms with van der Waals surface area (Å²) < 4.78 is 6.79. The van der Waals surface area contributed by atoms with Crippen LogP contribution in [0.15, 0.2) is 58.1 Å². The summed E-state index contributed by atoms with van der Waals surface area (Å²) in [4.78, 5) is 34.0. The quantitative estimate of drug-likeness (QED) is 0.437. The number of benzene rings is 2. The third-order valence-corrected chi connectivity index (χ3v) is 6.34. The average Bonchev–Trinajstić information content (AvgIpc) is 3.19. The third kappa shape index (κ3) is 3.34. The lowest BCUT2D eigenvalue weighted by Crippen LogP contribution is -2.41. The van der Waals surface area contributed by atoms with Crippen molar-refractivity contribution in [2.45, 2.75) is 26.3 Å². The van der Waals surface area contributed by atoms with Gasteiger partial charge in [-0.2, -0.15) is 0 Å². The van der Waals surface area contributed by atoms with E-state index in [0.29, 0.717) is 24.6 Å². The highest BCUT2D eigenvalue weighted by Gasteiger charge is 2.36. The van der Waals surface area contributed by atoms with Crippen LogP contribution in [0.2, 0.25) is 0 Å². The molecule has 8 nitrogen and oxygen atoms in total. The van der Waals surface area contributed by atoms with Gasteiger partial charge in [-0.05, 0) is 43.7 Å². The van der Waals surface area contributed by atoms with Crippen molar-refractivity contribution >= 4 is 10.9 Å². The summed E-state index contributed by atoms with van der Waals surface area (Å²) >= 11 is 0. The van der Waals surface area contributed by atoms with Crippen molar-refractivity contribution in [3.8, 4) is 17.3 Å². The van der Waals surface area contributed by atoms with E-state index in [2.05, 4.69) is 20.9 Å². The van der Waals surface area contributed by atoms with Crippen LogP contribution in [-0.4, -0.2) is 44.2 Å². The Morgan fingerprint density at radius 1 is 1.06 bits per heavy atom. The maximum atomic E-state index is 13.1. The number of hydrogen-bond donors (Lipinski definition) is 3. The van der Waals surface area contributed by atoms with Crippen molar-refractivity contribution in [1.29, 1.82) is 0 Å². The Morgan fingerprint density at radius 2 is 1.82 bits per heavy atom. The molecule has 170 valence electrons. The molecule has 4 aromatic rings. The highest BCUT2D eigenvalue weighted by Crippen LogP contribution is 2.40. The molecule has 1 atom stereocenters. The molecule has 3 N–H and O–H groups in total. The summed E-state index contributed by atoms with van der Waals surface area (Å²) in [5, 5.41) is 12.5. The summed E-state index contributed by atoms with van der Waals surface area (Å²) in [6, 6.07) is 14.4. The summed E-state index contributed by atoms with van der Waals surface area (Å²) in [5.74, 6) is 0.0588. The molecule has 0 aliphatic carbocycles. The molecule has 0 saturated carbocycles. The van der Waals surface area contributed by atoms with Crippen LogP contribution in [-0.2, 0) is 6.42 Å². The van der Waals surface area contributed by atoms with E-state index in [1.54, 1.807) is 24.3 Å². The van der Waals surface area contributed by atoms with Crippen LogP contribution in [0.25, 0.3) is 16.6 Å². The van der Waals surface area contributed by atoms with E-state index in [1.807, 2.05) is 32.0 Å². The van der Waals surface area contributed by atoms with Crippen molar-refractivity contribution in [1.82, 2.24) is 19.4 Å². The van der Waals surface area contributed by atoms with Gasteiger partial charge in [0, 0.05) is 23.1 Å². The summed E-state index contributed by atoms with van der Waals surface area (Å²) in [7, 11) is 0. The normalized spacial score (nSPS) is 16.1. The van der Waals surface area contributed by atoms with Crippen LogP contribution in [0.4, 0.5) is 0 Å². The molecule has 1 unspecified atom stereocenters. The van der Waals surface area contributed by atoms with Crippen molar-refractivity contribution in [3.63, 3.8) is 0 Å². The molecule has 1 aliphatic heterocycles. The van der Waals surface area contributed by atoms with Crippen molar-refractivity contribution in [2.24, 2.45) is 0 Å². The Hall–Kier alpha value is -3.78. The summed E-state index contributed by atoms with van der Waals surface area (Å²) in [5.41, 5.74) is 2.17. The molecule has 0 fully saturated rings. The van der Waals surface area contributed by atoms with Crippen LogP contribution in [0.3, 0.4) is 0 Å². The standard InChI is InChI=1S/C25H26N4O4/c1-3-28-14-13-16-15-9-5-6-10-17(15)26-21(16)22(28)20-23(30)27-25(32)29(24(20)31)18-11-7-8-12-19(18)33-4-2/h5-12,22,26,31H,3-4,13-14H2,1-2H3,(H,27,30,32). The fourth-order valence-electron chi connectivity index (χ4n) is 4.89. The zero-order chi connectivity index (χ0) is 23.1. The number of likely N-dealkylation sites (N-methyl/N-ethyl adjacent to an activating group) is 1. The maximum absolute atomic E-state index is 13.1. The Bertz CT molecular complexity index is 1450. The predicted octanol–water partition coefficient (Wildman–Crippen LogP) is 3.08. The number of aromatic hydroxyl groups is 1. The molecule has 5 rings (SSSR count).